The van der Waals surface area contributed by atoms with Gasteiger partial charge in [-0.25, -0.2) is 0 Å². The number of rotatable bonds is 4. The summed E-state index contributed by atoms with van der Waals surface area (Å²) in [6, 6.07) is 4.82. The zero-order chi connectivity index (χ0) is 16.8. The molecule has 0 aliphatic carbocycles. The molecule has 0 radical (unpaired) electrons. The number of hydrogen-bond acceptors (Lipinski definition) is 4. The predicted molar refractivity (Wildman–Crippen MR) is 88.4 cm³/mol. The average molecular weight is 305 g/mol. The van der Waals surface area contributed by atoms with Crippen LogP contribution in [-0.2, 0) is 4.79 Å². The first-order valence-corrected chi connectivity index (χ1v) is 7.68. The summed E-state index contributed by atoms with van der Waals surface area (Å²) in [6.45, 7) is 8.10. The highest BCUT2D eigenvalue weighted by Gasteiger charge is 2.31. The van der Waals surface area contributed by atoms with Gasteiger partial charge in [0, 0.05) is 18.5 Å². The number of phenols is 1. The van der Waals surface area contributed by atoms with Crippen molar-refractivity contribution in [3.63, 3.8) is 0 Å². The van der Waals surface area contributed by atoms with Gasteiger partial charge in [0.1, 0.15) is 17.8 Å². The van der Waals surface area contributed by atoms with Crippen LogP contribution in [0.4, 0.5) is 0 Å². The van der Waals surface area contributed by atoms with Gasteiger partial charge in [-0.3, -0.25) is 4.79 Å². The summed E-state index contributed by atoms with van der Waals surface area (Å²) >= 11 is 0. The van der Waals surface area contributed by atoms with Crippen LogP contribution < -0.4 is 0 Å². The number of aryl methyl sites for hydroxylation is 1. The van der Waals surface area contributed by atoms with Crippen LogP contribution in [0.25, 0.3) is 0 Å². The van der Waals surface area contributed by atoms with Crippen molar-refractivity contribution in [1.29, 1.82) is 0 Å². The third kappa shape index (κ3) is 5.98. The minimum absolute atomic E-state index is 0.171. The van der Waals surface area contributed by atoms with Gasteiger partial charge < -0.3 is 14.8 Å². The lowest BCUT2D eigenvalue weighted by atomic mass is 9.84. The van der Waals surface area contributed by atoms with E-state index in [9.17, 15) is 9.59 Å². The van der Waals surface area contributed by atoms with Crippen LogP contribution in [-0.4, -0.2) is 42.2 Å². The third-order valence-corrected chi connectivity index (χ3v) is 4.20. The fraction of sp³-hybridized carbons (Fsp3) is 0.556. The molecular weight excluding hydrogens is 278 g/mol. The Labute approximate surface area is 133 Å². The molecule has 1 atom stereocenters. The monoisotopic (exact) mass is 305 g/mol. The molecule has 1 heterocycles. The van der Waals surface area contributed by atoms with Crippen molar-refractivity contribution in [2.75, 3.05) is 20.1 Å². The number of ketones is 1. The fourth-order valence-corrected chi connectivity index (χ4v) is 2.65. The summed E-state index contributed by atoms with van der Waals surface area (Å²) in [7, 11) is 2.15. The van der Waals surface area contributed by atoms with Crippen molar-refractivity contribution in [2.45, 2.75) is 40.0 Å². The molecule has 1 fully saturated rings. The molecule has 0 amide bonds. The Kier molecular flexibility index (Phi) is 6.75. The highest BCUT2D eigenvalue weighted by molar-refractivity contribution is 5.76. The van der Waals surface area contributed by atoms with Crippen molar-refractivity contribution in [3.05, 3.63) is 29.3 Å². The predicted octanol–water partition coefficient (Wildman–Crippen LogP) is 3.21. The number of phenolic OH excluding ortho intramolecular Hbond substituents is 1. The van der Waals surface area contributed by atoms with Crippen molar-refractivity contribution >= 4 is 12.1 Å². The van der Waals surface area contributed by atoms with E-state index in [-0.39, 0.29) is 5.75 Å². The van der Waals surface area contributed by atoms with Gasteiger partial charge in [-0.2, -0.15) is 0 Å². The van der Waals surface area contributed by atoms with E-state index in [1.807, 2.05) is 0 Å². The highest BCUT2D eigenvalue weighted by Crippen LogP contribution is 2.33. The normalized spacial score (nSPS) is 21.1. The Balaban J connectivity index is 0.000000224. The number of nitrogens with zero attached hydrogens (tertiary/aromatic N) is 1. The summed E-state index contributed by atoms with van der Waals surface area (Å²) in [4.78, 5) is 23.3. The number of hydrogen-bond donors (Lipinski definition) is 1. The van der Waals surface area contributed by atoms with Crippen molar-refractivity contribution in [1.82, 2.24) is 4.90 Å². The maximum atomic E-state index is 10.8. The van der Waals surface area contributed by atoms with Crippen LogP contribution in [0.1, 0.15) is 49.0 Å². The number of aldehydes is 1. The van der Waals surface area contributed by atoms with E-state index in [0.717, 1.165) is 24.9 Å². The second-order valence-corrected chi connectivity index (χ2v) is 6.66. The molecular formula is C18H27NO3. The van der Waals surface area contributed by atoms with Crippen LogP contribution in [0.15, 0.2) is 18.2 Å². The fourth-order valence-electron chi connectivity index (χ4n) is 2.65. The molecule has 4 heteroatoms. The number of likely N-dealkylation sites (tertiary alicyclic amines) is 1. The van der Waals surface area contributed by atoms with Crippen LogP contribution in [0, 0.1) is 12.3 Å². The van der Waals surface area contributed by atoms with Crippen LogP contribution in [0.3, 0.4) is 0 Å². The van der Waals surface area contributed by atoms with Gasteiger partial charge in [-0.15, -0.1) is 0 Å². The standard InChI is InChI=1S/C10H19NO.C8H8O2/c1-9(12)4-5-10(2)6-7-11(3)8-10;1-6-2-3-7(5-9)4-8(6)10/h4-8H2,1-3H3;2-5,10H,1H3. The lowest BCUT2D eigenvalue weighted by Crippen LogP contribution is -2.22. The number of aromatic hydroxyl groups is 1. The van der Waals surface area contributed by atoms with Crippen LogP contribution >= 0.6 is 0 Å². The van der Waals surface area contributed by atoms with E-state index in [2.05, 4.69) is 18.9 Å². The largest absolute Gasteiger partial charge is 0.508 e. The van der Waals surface area contributed by atoms with Gasteiger partial charge in [-0.1, -0.05) is 19.1 Å². The lowest BCUT2D eigenvalue weighted by molar-refractivity contribution is -0.117. The molecule has 1 N–H and O–H groups in total. The van der Waals surface area contributed by atoms with E-state index in [1.165, 1.54) is 19.0 Å². The van der Waals surface area contributed by atoms with Gasteiger partial charge in [0.15, 0.2) is 0 Å². The number of carbonyl (C=O) groups excluding carboxylic acids is 2. The molecule has 1 aromatic rings. The first-order chi connectivity index (χ1) is 10.3. The Morgan fingerprint density at radius 3 is 2.59 bits per heavy atom. The van der Waals surface area contributed by atoms with Crippen LogP contribution in [0.2, 0.25) is 0 Å². The highest BCUT2D eigenvalue weighted by atomic mass is 16.3. The number of benzene rings is 1. The van der Waals surface area contributed by atoms with E-state index in [4.69, 9.17) is 5.11 Å². The summed E-state index contributed by atoms with van der Waals surface area (Å²) in [5, 5.41) is 9.07. The second-order valence-electron chi connectivity index (χ2n) is 6.66. The molecule has 0 aromatic heterocycles. The topological polar surface area (TPSA) is 57.6 Å². The van der Waals surface area contributed by atoms with Gasteiger partial charge in [0.25, 0.3) is 0 Å². The Hall–Kier alpha value is -1.68. The summed E-state index contributed by atoms with van der Waals surface area (Å²) in [5.74, 6) is 0.496. The SMILES string of the molecule is CC(=O)CCC1(C)CCN(C)C1.Cc1ccc(C=O)cc1O. The minimum atomic E-state index is 0.171. The molecule has 0 saturated carbocycles. The average Bonchev–Trinajstić information content (AvgIpc) is 2.81. The molecule has 0 spiro atoms. The first kappa shape index (κ1) is 18.4. The summed E-state index contributed by atoms with van der Waals surface area (Å²) in [5.41, 5.74) is 1.69. The molecule has 0 bridgehead atoms. The summed E-state index contributed by atoms with van der Waals surface area (Å²) < 4.78 is 0. The van der Waals surface area contributed by atoms with E-state index >= 15 is 0 Å². The molecule has 4 nitrogen and oxygen atoms in total. The maximum Gasteiger partial charge on any atom is 0.150 e. The first-order valence-electron chi connectivity index (χ1n) is 7.68. The van der Waals surface area contributed by atoms with E-state index in [0.29, 0.717) is 23.0 Å². The van der Waals surface area contributed by atoms with Gasteiger partial charge in [0.05, 0.1) is 0 Å². The quantitative estimate of drug-likeness (QED) is 0.868. The Morgan fingerprint density at radius 1 is 1.45 bits per heavy atom. The van der Waals surface area contributed by atoms with Crippen molar-refractivity contribution in [3.8, 4) is 5.75 Å². The minimum Gasteiger partial charge on any atom is -0.508 e. The van der Waals surface area contributed by atoms with E-state index in [1.54, 1.807) is 26.0 Å². The van der Waals surface area contributed by atoms with Crippen molar-refractivity contribution in [2.24, 2.45) is 5.41 Å². The number of Topliss-reactive ketones (excluding diaryl/α,β-unsaturated/α-hetero) is 1. The zero-order valence-electron chi connectivity index (χ0n) is 14.1. The lowest BCUT2D eigenvalue weighted by Gasteiger charge is -2.22. The smallest absolute Gasteiger partial charge is 0.150 e. The molecule has 1 saturated heterocycles. The van der Waals surface area contributed by atoms with E-state index < -0.39 is 0 Å². The molecule has 122 valence electrons. The third-order valence-electron chi connectivity index (χ3n) is 4.20. The van der Waals surface area contributed by atoms with Crippen molar-refractivity contribution < 1.29 is 14.7 Å². The van der Waals surface area contributed by atoms with Gasteiger partial charge in [0.2, 0.25) is 0 Å². The Morgan fingerprint density at radius 2 is 2.14 bits per heavy atom. The van der Waals surface area contributed by atoms with Gasteiger partial charge in [-0.05, 0) is 57.3 Å². The molecule has 1 aliphatic heterocycles. The molecule has 22 heavy (non-hydrogen) atoms. The maximum absolute atomic E-state index is 10.8. The second kappa shape index (κ2) is 8.08. The van der Waals surface area contributed by atoms with Crippen LogP contribution in [0.5, 0.6) is 5.75 Å². The number of carbonyl (C=O) groups is 2. The molecule has 1 aromatic carbocycles. The summed E-state index contributed by atoms with van der Waals surface area (Å²) in [6.07, 6.45) is 3.77. The molecule has 1 unspecified atom stereocenters. The molecule has 1 aliphatic rings. The van der Waals surface area contributed by atoms with Gasteiger partial charge >= 0.3 is 0 Å². The molecule has 2 rings (SSSR count). The Bertz CT molecular complexity index is 527. The zero-order valence-corrected chi connectivity index (χ0v) is 14.1.